The predicted molar refractivity (Wildman–Crippen MR) is 67.5 cm³/mol. The molecule has 0 aliphatic rings. The summed E-state index contributed by atoms with van der Waals surface area (Å²) in [6, 6.07) is 2.67. The molecule has 20 heavy (non-hydrogen) atoms. The number of aromatic nitrogens is 2. The average Bonchev–Trinajstić information content (AvgIpc) is 2.82. The highest BCUT2D eigenvalue weighted by atomic mass is 31.2. The molecule has 0 saturated carbocycles. The Labute approximate surface area is 111 Å². The van der Waals surface area contributed by atoms with Crippen LogP contribution in [0.1, 0.15) is 0 Å². The number of benzene rings is 1. The fraction of sp³-hybridized carbons (Fsp3) is 0.333. The molecule has 0 fully saturated rings. The molecule has 0 spiro atoms. The van der Waals surface area contributed by atoms with Crippen LogP contribution >= 0.6 is 7.68 Å². The maximum absolute atomic E-state index is 12.7. The second kappa shape index (κ2) is 5.51. The summed E-state index contributed by atoms with van der Waals surface area (Å²) in [6.07, 6.45) is 0. The lowest BCUT2D eigenvalue weighted by molar-refractivity contribution is -0.383. The lowest BCUT2D eigenvalue weighted by atomic mass is 10.2. The summed E-state index contributed by atoms with van der Waals surface area (Å²) >= 11 is 0. The van der Waals surface area contributed by atoms with Crippen molar-refractivity contribution in [3.05, 3.63) is 22.2 Å². The van der Waals surface area contributed by atoms with Gasteiger partial charge >= 0.3 is 13.4 Å². The molecule has 1 atom stereocenters. The minimum atomic E-state index is -4.02. The van der Waals surface area contributed by atoms with Crippen molar-refractivity contribution in [2.45, 2.75) is 0 Å². The molecule has 1 heterocycles. The van der Waals surface area contributed by atoms with E-state index in [1.165, 1.54) is 12.1 Å². The Morgan fingerprint density at radius 1 is 1.50 bits per heavy atom. The van der Waals surface area contributed by atoms with Gasteiger partial charge in [0, 0.05) is 19.3 Å². The number of non-ortho nitro benzene ring substituents is 1. The van der Waals surface area contributed by atoms with Gasteiger partial charge in [-0.25, -0.2) is 4.63 Å². The Kier molecular flexibility index (Phi) is 3.96. The van der Waals surface area contributed by atoms with Crippen LogP contribution in [0.5, 0.6) is 0 Å². The maximum atomic E-state index is 12.7. The first-order valence-corrected chi connectivity index (χ1v) is 7.40. The molecule has 0 saturated heterocycles. The van der Waals surface area contributed by atoms with Gasteiger partial charge in [0.2, 0.25) is 5.52 Å². The van der Waals surface area contributed by atoms with E-state index in [-0.39, 0.29) is 29.9 Å². The molecule has 1 aromatic carbocycles. The van der Waals surface area contributed by atoms with E-state index in [4.69, 9.17) is 0 Å². The monoisotopic (exact) mass is 304 g/mol. The lowest BCUT2D eigenvalue weighted by Gasteiger charge is -2.07. The highest BCUT2D eigenvalue weighted by molar-refractivity contribution is 7.52. The summed E-state index contributed by atoms with van der Waals surface area (Å²) < 4.78 is 32.3. The minimum Gasteiger partial charge on any atom is -0.381 e. The van der Waals surface area contributed by atoms with Gasteiger partial charge in [-0.2, -0.15) is 4.20 Å². The first-order valence-electron chi connectivity index (χ1n) is 5.44. The normalized spacial score (nSPS) is 14.1. The van der Waals surface area contributed by atoms with E-state index < -0.39 is 12.6 Å². The van der Waals surface area contributed by atoms with Crippen molar-refractivity contribution in [2.75, 3.05) is 25.1 Å². The summed E-state index contributed by atoms with van der Waals surface area (Å²) in [6.45, 7) is 0.869. The lowest BCUT2D eigenvalue weighted by Crippen LogP contribution is -2.08. The molecular weight excluding hydrogens is 294 g/mol. The van der Waals surface area contributed by atoms with Gasteiger partial charge in [-0.15, -0.1) is 0 Å². The number of hydrogen-bond donors (Lipinski definition) is 1. The predicted octanol–water partition coefficient (Wildman–Crippen LogP) is 2.35. The number of fused-ring (bicyclic) bond motifs is 1. The van der Waals surface area contributed by atoms with Crippen LogP contribution in [0, 0.1) is 10.1 Å². The van der Waals surface area contributed by atoms with Crippen molar-refractivity contribution >= 4 is 30.1 Å². The molecule has 0 bridgehead atoms. The van der Waals surface area contributed by atoms with E-state index in [0.29, 0.717) is 5.69 Å². The van der Waals surface area contributed by atoms with Gasteiger partial charge in [0.15, 0.2) is 5.52 Å². The number of nitro benzene ring substituents is 1. The van der Waals surface area contributed by atoms with Crippen LogP contribution in [0.25, 0.3) is 11.0 Å². The summed E-state index contributed by atoms with van der Waals surface area (Å²) in [5, 5.41) is 20.6. The van der Waals surface area contributed by atoms with Crippen LogP contribution in [0.4, 0.5) is 15.6 Å². The van der Waals surface area contributed by atoms with Crippen molar-refractivity contribution in [3.63, 3.8) is 0 Å². The van der Waals surface area contributed by atoms with Crippen LogP contribution in [0.15, 0.2) is 16.8 Å². The third-order valence-corrected chi connectivity index (χ3v) is 2.97. The zero-order valence-electron chi connectivity index (χ0n) is 10.3. The van der Waals surface area contributed by atoms with Gasteiger partial charge in [-0.05, 0) is 16.4 Å². The van der Waals surface area contributed by atoms with Crippen LogP contribution in [-0.2, 0) is 9.09 Å². The quantitative estimate of drug-likeness (QED) is 0.373. The van der Waals surface area contributed by atoms with Gasteiger partial charge in [0.1, 0.15) is 0 Å². The Hall–Kier alpha value is -2.06. The smallest absolute Gasteiger partial charge is 0.364 e. The molecule has 0 aliphatic heterocycles. The zero-order chi connectivity index (χ0) is 14.8. The van der Waals surface area contributed by atoms with Crippen molar-refractivity contribution < 1.29 is 22.8 Å². The van der Waals surface area contributed by atoms with Gasteiger partial charge in [0.05, 0.1) is 17.2 Å². The topological polar surface area (TPSA) is 120 Å². The van der Waals surface area contributed by atoms with Gasteiger partial charge in [0.25, 0.3) is 0 Å². The van der Waals surface area contributed by atoms with E-state index in [9.17, 15) is 18.9 Å². The maximum Gasteiger partial charge on any atom is 0.364 e. The zero-order valence-corrected chi connectivity index (χ0v) is 11.2. The molecule has 0 aliphatic carbocycles. The number of halogens is 1. The summed E-state index contributed by atoms with van der Waals surface area (Å²) in [5.41, 5.74) is 0.372. The van der Waals surface area contributed by atoms with Crippen LogP contribution in [0.2, 0.25) is 0 Å². The Bertz CT molecular complexity index is 684. The number of anilines is 1. The van der Waals surface area contributed by atoms with E-state index in [2.05, 4.69) is 24.8 Å². The first-order chi connectivity index (χ1) is 9.38. The molecule has 2 aromatic rings. The molecule has 0 radical (unpaired) electrons. The second-order valence-corrected chi connectivity index (χ2v) is 5.61. The van der Waals surface area contributed by atoms with Crippen LogP contribution in [-0.4, -0.2) is 35.1 Å². The SMILES string of the molecule is CP(=O)(F)OCCNc1ccc([N+](=O)[O-])c2nonc12. The van der Waals surface area contributed by atoms with Gasteiger partial charge < -0.3 is 9.84 Å². The summed E-state index contributed by atoms with van der Waals surface area (Å²) in [4.78, 5) is 10.2. The molecular formula is C9H10FN4O5P. The van der Waals surface area contributed by atoms with E-state index in [0.717, 1.165) is 6.66 Å². The molecule has 2 rings (SSSR count). The third kappa shape index (κ3) is 3.28. The average molecular weight is 304 g/mol. The van der Waals surface area contributed by atoms with E-state index >= 15 is 0 Å². The fourth-order valence-electron chi connectivity index (χ4n) is 1.54. The molecule has 1 unspecified atom stereocenters. The summed E-state index contributed by atoms with van der Waals surface area (Å²) in [7, 11) is -4.02. The highest BCUT2D eigenvalue weighted by Gasteiger charge is 2.19. The largest absolute Gasteiger partial charge is 0.381 e. The van der Waals surface area contributed by atoms with Gasteiger partial charge in [-0.3, -0.25) is 14.7 Å². The Morgan fingerprint density at radius 2 is 2.20 bits per heavy atom. The fourth-order valence-corrected chi connectivity index (χ4v) is 1.96. The number of nitro groups is 1. The van der Waals surface area contributed by atoms with Crippen LogP contribution < -0.4 is 5.32 Å². The first kappa shape index (κ1) is 14.4. The third-order valence-electron chi connectivity index (χ3n) is 2.33. The Balaban J connectivity index is 2.12. The van der Waals surface area contributed by atoms with Gasteiger partial charge in [-0.1, -0.05) is 0 Å². The van der Waals surface area contributed by atoms with Crippen molar-refractivity contribution in [2.24, 2.45) is 0 Å². The molecule has 11 heteroatoms. The molecule has 9 nitrogen and oxygen atoms in total. The minimum absolute atomic E-state index is 0.00701. The van der Waals surface area contributed by atoms with Crippen molar-refractivity contribution in [1.29, 1.82) is 0 Å². The van der Waals surface area contributed by atoms with Crippen LogP contribution in [0.3, 0.4) is 0 Å². The number of rotatable bonds is 6. The Morgan fingerprint density at radius 3 is 2.85 bits per heavy atom. The van der Waals surface area contributed by atoms with Crippen molar-refractivity contribution in [3.8, 4) is 0 Å². The molecule has 108 valence electrons. The number of hydrogen-bond acceptors (Lipinski definition) is 8. The molecule has 1 N–H and O–H groups in total. The summed E-state index contributed by atoms with van der Waals surface area (Å²) in [5.74, 6) is 0. The second-order valence-electron chi connectivity index (χ2n) is 3.86. The standard InChI is InChI=1S/C9H10FN4O5P/c1-20(10,17)18-5-4-11-6-2-3-7(14(15)16)9-8(6)12-19-13-9/h2-3,11H,4-5H2,1H3. The van der Waals surface area contributed by atoms with E-state index in [1.807, 2.05) is 0 Å². The molecule has 0 amide bonds. The number of nitrogens with zero attached hydrogens (tertiary/aromatic N) is 3. The van der Waals surface area contributed by atoms with Crippen molar-refractivity contribution in [1.82, 2.24) is 10.3 Å². The number of nitrogens with one attached hydrogen (secondary N) is 1. The highest BCUT2D eigenvalue weighted by Crippen LogP contribution is 2.43. The van der Waals surface area contributed by atoms with E-state index in [1.54, 1.807) is 0 Å². The molecule has 1 aromatic heterocycles.